The molecule has 6 nitrogen and oxygen atoms in total. The number of anilines is 1. The smallest absolute Gasteiger partial charge is 0.411 e. The van der Waals surface area contributed by atoms with Crippen molar-refractivity contribution in [1.82, 2.24) is 9.78 Å². The molecule has 0 unspecified atom stereocenters. The molecule has 1 N–H and O–H groups in total. The van der Waals surface area contributed by atoms with Gasteiger partial charge in [0, 0.05) is 37.0 Å². The number of halogens is 2. The summed E-state index contributed by atoms with van der Waals surface area (Å²) < 4.78 is 28.2. The Balaban J connectivity index is 1.95. The molecule has 0 saturated carbocycles. The van der Waals surface area contributed by atoms with Gasteiger partial charge in [0.05, 0.1) is 5.69 Å². The van der Waals surface area contributed by atoms with Gasteiger partial charge in [0.1, 0.15) is 17.3 Å². The monoisotopic (exact) mass is 385 g/mol. The molecule has 2 aromatic carbocycles. The maximum absolute atomic E-state index is 13.5. The van der Waals surface area contributed by atoms with Crippen LogP contribution in [0.3, 0.4) is 0 Å². The molecular formula is C20H17F2N3O3. The van der Waals surface area contributed by atoms with Gasteiger partial charge in [0.2, 0.25) is 5.43 Å². The average molecular weight is 385 g/mol. The van der Waals surface area contributed by atoms with Crippen molar-refractivity contribution in [2.45, 2.75) is 13.3 Å². The molecule has 0 spiro atoms. The van der Waals surface area contributed by atoms with E-state index in [0.29, 0.717) is 11.3 Å². The fourth-order valence-electron chi connectivity index (χ4n) is 2.84. The van der Waals surface area contributed by atoms with Gasteiger partial charge in [-0.25, -0.2) is 18.3 Å². The van der Waals surface area contributed by atoms with Crippen LogP contribution in [0.5, 0.6) is 0 Å². The molecule has 3 rings (SSSR count). The van der Waals surface area contributed by atoms with Gasteiger partial charge in [-0.2, -0.15) is 5.10 Å². The summed E-state index contributed by atoms with van der Waals surface area (Å²) in [5.41, 5.74) is 1.16. The number of aromatic nitrogens is 2. The van der Waals surface area contributed by atoms with Gasteiger partial charge in [-0.05, 0) is 36.8 Å². The molecule has 3 aromatic rings. The van der Waals surface area contributed by atoms with Crippen molar-refractivity contribution < 1.29 is 18.7 Å². The molecule has 28 heavy (non-hydrogen) atoms. The zero-order chi connectivity index (χ0) is 20.3. The Morgan fingerprint density at radius 1 is 1.14 bits per heavy atom. The SMILES string of the molecule is CCN(C(=O)O)c1cccc(Cc2nn(-c3cc(F)cc(F)c3)ccc2=O)c1. The van der Waals surface area contributed by atoms with E-state index in [9.17, 15) is 23.5 Å². The highest BCUT2D eigenvalue weighted by Gasteiger charge is 2.13. The number of carboxylic acid groups (broad SMARTS) is 1. The van der Waals surface area contributed by atoms with E-state index in [4.69, 9.17) is 0 Å². The van der Waals surface area contributed by atoms with Crippen LogP contribution in [-0.2, 0) is 6.42 Å². The van der Waals surface area contributed by atoms with Crippen LogP contribution >= 0.6 is 0 Å². The van der Waals surface area contributed by atoms with Crippen molar-refractivity contribution in [3.05, 3.63) is 87.8 Å². The van der Waals surface area contributed by atoms with E-state index < -0.39 is 17.7 Å². The average Bonchev–Trinajstić information content (AvgIpc) is 2.63. The molecule has 0 aliphatic rings. The maximum atomic E-state index is 13.5. The fraction of sp³-hybridized carbons (Fsp3) is 0.150. The van der Waals surface area contributed by atoms with E-state index in [1.807, 2.05) is 0 Å². The lowest BCUT2D eigenvalue weighted by atomic mass is 10.1. The number of carbonyl (C=O) groups is 1. The predicted octanol–water partition coefficient (Wildman–Crippen LogP) is 3.61. The largest absolute Gasteiger partial charge is 0.465 e. The Bertz CT molecular complexity index is 1060. The first kappa shape index (κ1) is 19.2. The van der Waals surface area contributed by atoms with Gasteiger partial charge in [-0.15, -0.1) is 0 Å². The summed E-state index contributed by atoms with van der Waals surface area (Å²) in [7, 11) is 0. The van der Waals surface area contributed by atoms with Crippen LogP contribution in [0.1, 0.15) is 18.2 Å². The number of rotatable bonds is 5. The van der Waals surface area contributed by atoms with Gasteiger partial charge in [-0.3, -0.25) is 9.69 Å². The summed E-state index contributed by atoms with van der Waals surface area (Å²) in [5.74, 6) is -1.50. The Hall–Kier alpha value is -3.55. The van der Waals surface area contributed by atoms with Crippen LogP contribution in [0.4, 0.5) is 19.3 Å². The molecule has 0 atom stereocenters. The predicted molar refractivity (Wildman–Crippen MR) is 100 cm³/mol. The van der Waals surface area contributed by atoms with Crippen LogP contribution in [-0.4, -0.2) is 27.5 Å². The van der Waals surface area contributed by atoms with E-state index >= 15 is 0 Å². The highest BCUT2D eigenvalue weighted by molar-refractivity contribution is 5.86. The van der Waals surface area contributed by atoms with Crippen molar-refractivity contribution in [3.63, 3.8) is 0 Å². The Morgan fingerprint density at radius 3 is 2.50 bits per heavy atom. The molecule has 0 fully saturated rings. The summed E-state index contributed by atoms with van der Waals surface area (Å²) >= 11 is 0. The Morgan fingerprint density at radius 2 is 1.86 bits per heavy atom. The summed E-state index contributed by atoms with van der Waals surface area (Å²) in [4.78, 5) is 24.7. The van der Waals surface area contributed by atoms with Crippen molar-refractivity contribution >= 4 is 11.8 Å². The lowest BCUT2D eigenvalue weighted by Gasteiger charge is -2.17. The molecule has 1 heterocycles. The third kappa shape index (κ3) is 4.22. The molecule has 0 aliphatic heterocycles. The normalized spacial score (nSPS) is 10.7. The summed E-state index contributed by atoms with van der Waals surface area (Å²) in [6.45, 7) is 2.00. The van der Waals surface area contributed by atoms with Gasteiger partial charge in [0.25, 0.3) is 0 Å². The molecule has 0 aliphatic carbocycles. The number of benzene rings is 2. The number of amides is 1. The minimum absolute atomic E-state index is 0.141. The first-order valence-electron chi connectivity index (χ1n) is 8.52. The van der Waals surface area contributed by atoms with Crippen LogP contribution in [0.2, 0.25) is 0 Å². The van der Waals surface area contributed by atoms with Crippen LogP contribution < -0.4 is 10.3 Å². The molecule has 1 amide bonds. The van der Waals surface area contributed by atoms with E-state index in [1.165, 1.54) is 21.8 Å². The van der Waals surface area contributed by atoms with Crippen molar-refractivity contribution in [2.75, 3.05) is 11.4 Å². The third-order valence-corrected chi connectivity index (χ3v) is 4.13. The molecule has 8 heteroatoms. The molecule has 0 saturated heterocycles. The number of nitrogens with zero attached hydrogens (tertiary/aromatic N) is 3. The quantitative estimate of drug-likeness (QED) is 0.728. The minimum atomic E-state index is -1.08. The number of hydrogen-bond donors (Lipinski definition) is 1. The summed E-state index contributed by atoms with van der Waals surface area (Å²) in [5, 5.41) is 13.4. The molecule has 0 bridgehead atoms. The zero-order valence-corrected chi connectivity index (χ0v) is 15.0. The second kappa shape index (κ2) is 7.99. The Kier molecular flexibility index (Phi) is 5.49. The van der Waals surface area contributed by atoms with Crippen molar-refractivity contribution in [1.29, 1.82) is 0 Å². The van der Waals surface area contributed by atoms with E-state index in [-0.39, 0.29) is 29.8 Å². The second-order valence-corrected chi connectivity index (χ2v) is 6.07. The lowest BCUT2D eigenvalue weighted by molar-refractivity contribution is 0.202. The van der Waals surface area contributed by atoms with Crippen molar-refractivity contribution in [2.24, 2.45) is 0 Å². The maximum Gasteiger partial charge on any atom is 0.411 e. The standard InChI is InChI=1S/C20H17F2N3O3/c1-2-24(20(27)28)16-5-3-4-13(8-16)9-18-19(26)6-7-25(23-18)17-11-14(21)10-15(22)12-17/h3-8,10-12H,2,9H2,1H3,(H,27,28). The van der Waals surface area contributed by atoms with Gasteiger partial charge in [-0.1, -0.05) is 12.1 Å². The summed E-state index contributed by atoms with van der Waals surface area (Å²) in [6, 6.07) is 11.0. The first-order valence-corrected chi connectivity index (χ1v) is 8.52. The van der Waals surface area contributed by atoms with Gasteiger partial charge < -0.3 is 5.11 Å². The van der Waals surface area contributed by atoms with Crippen LogP contribution in [0.25, 0.3) is 5.69 Å². The van der Waals surface area contributed by atoms with E-state index in [1.54, 1.807) is 31.2 Å². The zero-order valence-electron chi connectivity index (χ0n) is 15.0. The highest BCUT2D eigenvalue weighted by atomic mass is 19.1. The lowest BCUT2D eigenvalue weighted by Crippen LogP contribution is -2.28. The molecule has 1 aromatic heterocycles. The van der Waals surface area contributed by atoms with Gasteiger partial charge >= 0.3 is 6.09 Å². The minimum Gasteiger partial charge on any atom is -0.465 e. The van der Waals surface area contributed by atoms with Crippen LogP contribution in [0, 0.1) is 11.6 Å². The van der Waals surface area contributed by atoms with E-state index in [2.05, 4.69) is 5.10 Å². The molecule has 0 radical (unpaired) electrons. The van der Waals surface area contributed by atoms with E-state index in [0.717, 1.165) is 18.2 Å². The van der Waals surface area contributed by atoms with Crippen molar-refractivity contribution in [3.8, 4) is 5.69 Å². The first-order chi connectivity index (χ1) is 13.4. The number of hydrogen-bond acceptors (Lipinski definition) is 3. The van der Waals surface area contributed by atoms with Gasteiger partial charge in [0.15, 0.2) is 0 Å². The third-order valence-electron chi connectivity index (χ3n) is 4.13. The highest BCUT2D eigenvalue weighted by Crippen LogP contribution is 2.18. The summed E-state index contributed by atoms with van der Waals surface area (Å²) in [6.07, 6.45) is 0.398. The fourth-order valence-corrected chi connectivity index (χ4v) is 2.84. The topological polar surface area (TPSA) is 75.4 Å². The molecule has 144 valence electrons. The Labute approximate surface area is 159 Å². The second-order valence-electron chi connectivity index (χ2n) is 6.07. The van der Waals surface area contributed by atoms with Crippen LogP contribution in [0.15, 0.2) is 59.5 Å². The molecular weight excluding hydrogens is 368 g/mol.